The number of nitrogens with one attached hydrogen (secondary N) is 2. The van der Waals surface area contributed by atoms with E-state index in [-0.39, 0.29) is 5.11 Å². The number of anilines is 1. The Hall–Kier alpha value is -3.59. The first-order valence-corrected chi connectivity index (χ1v) is 10.7. The van der Waals surface area contributed by atoms with E-state index in [1.165, 1.54) is 26.9 Å². The number of methoxy groups -OCH3 is 3. The van der Waals surface area contributed by atoms with Crippen molar-refractivity contribution in [2.75, 3.05) is 26.6 Å². The molecule has 0 bridgehead atoms. The van der Waals surface area contributed by atoms with Gasteiger partial charge in [0.1, 0.15) is 0 Å². The Morgan fingerprint density at radius 1 is 1.03 bits per heavy atom. The topological polar surface area (TPSA) is 86.6 Å². The van der Waals surface area contributed by atoms with Crippen LogP contribution in [0.4, 0.5) is 5.69 Å². The van der Waals surface area contributed by atoms with Gasteiger partial charge in [-0.1, -0.05) is 12.1 Å². The van der Waals surface area contributed by atoms with Crippen LogP contribution in [-0.2, 0) is 13.5 Å². The van der Waals surface area contributed by atoms with Gasteiger partial charge in [-0.05, 0) is 55.9 Å². The number of aryl methyl sites for hydroxylation is 2. The lowest BCUT2D eigenvalue weighted by molar-refractivity contribution is 0.0977. The van der Waals surface area contributed by atoms with Crippen molar-refractivity contribution < 1.29 is 19.0 Å². The maximum Gasteiger partial charge on any atom is 0.257 e. The fraction of sp³-hybridized carbons (Fsp3) is 0.292. The second kappa shape index (κ2) is 10.4. The van der Waals surface area contributed by atoms with Gasteiger partial charge in [0.25, 0.3) is 5.91 Å². The second-order valence-electron chi connectivity index (χ2n) is 7.47. The molecule has 1 aromatic heterocycles. The van der Waals surface area contributed by atoms with Crippen LogP contribution >= 0.6 is 12.2 Å². The monoisotopic (exact) mass is 468 g/mol. The number of carbonyl (C=O) groups excluding carboxylic acids is 1. The maximum atomic E-state index is 12.7. The largest absolute Gasteiger partial charge is 0.493 e. The zero-order chi connectivity index (χ0) is 24.1. The minimum atomic E-state index is -0.397. The molecule has 0 unspecified atom stereocenters. The van der Waals surface area contributed by atoms with E-state index in [2.05, 4.69) is 22.7 Å². The third kappa shape index (κ3) is 5.43. The summed E-state index contributed by atoms with van der Waals surface area (Å²) in [6, 6.07) is 11.0. The van der Waals surface area contributed by atoms with E-state index in [1.54, 1.807) is 12.1 Å². The fourth-order valence-electron chi connectivity index (χ4n) is 3.53. The smallest absolute Gasteiger partial charge is 0.257 e. The molecule has 33 heavy (non-hydrogen) atoms. The van der Waals surface area contributed by atoms with E-state index in [4.69, 9.17) is 26.4 Å². The molecular formula is C24H28N4O4S. The molecule has 0 spiro atoms. The summed E-state index contributed by atoms with van der Waals surface area (Å²) in [4.78, 5) is 12.7. The maximum absolute atomic E-state index is 12.7. The van der Waals surface area contributed by atoms with Gasteiger partial charge in [0, 0.05) is 36.0 Å². The minimum Gasteiger partial charge on any atom is -0.493 e. The van der Waals surface area contributed by atoms with Crippen molar-refractivity contribution >= 4 is 28.9 Å². The summed E-state index contributed by atoms with van der Waals surface area (Å²) in [6.07, 6.45) is 0.800. The Kier molecular flexibility index (Phi) is 7.55. The lowest BCUT2D eigenvalue weighted by atomic mass is 10.0. The molecule has 0 aliphatic heterocycles. The summed E-state index contributed by atoms with van der Waals surface area (Å²) in [7, 11) is 6.44. The molecule has 8 nitrogen and oxygen atoms in total. The van der Waals surface area contributed by atoms with Gasteiger partial charge in [-0.2, -0.15) is 5.10 Å². The first kappa shape index (κ1) is 24.1. The third-order valence-electron chi connectivity index (χ3n) is 5.41. The molecule has 0 fully saturated rings. The molecule has 2 aromatic carbocycles. The van der Waals surface area contributed by atoms with Gasteiger partial charge < -0.3 is 19.5 Å². The van der Waals surface area contributed by atoms with Crippen molar-refractivity contribution in [2.24, 2.45) is 7.05 Å². The highest BCUT2D eigenvalue weighted by molar-refractivity contribution is 7.80. The van der Waals surface area contributed by atoms with Crippen molar-refractivity contribution in [3.63, 3.8) is 0 Å². The van der Waals surface area contributed by atoms with Gasteiger partial charge in [-0.25, -0.2) is 0 Å². The number of benzene rings is 2. The van der Waals surface area contributed by atoms with E-state index < -0.39 is 5.91 Å². The van der Waals surface area contributed by atoms with Crippen LogP contribution in [0.25, 0.3) is 0 Å². The lowest BCUT2D eigenvalue weighted by Crippen LogP contribution is -2.34. The summed E-state index contributed by atoms with van der Waals surface area (Å²) in [6.45, 7) is 4.09. The van der Waals surface area contributed by atoms with Crippen LogP contribution in [-0.4, -0.2) is 42.1 Å². The summed E-state index contributed by atoms with van der Waals surface area (Å²) in [5.74, 6) is 0.783. The van der Waals surface area contributed by atoms with Gasteiger partial charge >= 0.3 is 0 Å². The minimum absolute atomic E-state index is 0.181. The Morgan fingerprint density at radius 3 is 2.12 bits per heavy atom. The predicted molar refractivity (Wildman–Crippen MR) is 132 cm³/mol. The molecular weight excluding hydrogens is 440 g/mol. The highest BCUT2D eigenvalue weighted by atomic mass is 32.1. The first-order chi connectivity index (χ1) is 15.8. The normalized spacial score (nSPS) is 10.5. The van der Waals surface area contributed by atoms with Crippen LogP contribution < -0.4 is 24.8 Å². The van der Waals surface area contributed by atoms with E-state index >= 15 is 0 Å². The second-order valence-corrected chi connectivity index (χ2v) is 7.88. The third-order valence-corrected chi connectivity index (χ3v) is 5.61. The number of hydrogen-bond donors (Lipinski definition) is 2. The molecule has 0 saturated heterocycles. The summed E-state index contributed by atoms with van der Waals surface area (Å²) >= 11 is 5.32. The van der Waals surface area contributed by atoms with Crippen molar-refractivity contribution in [3.8, 4) is 17.2 Å². The Labute approximate surface area is 198 Å². The fourth-order valence-corrected chi connectivity index (χ4v) is 3.74. The predicted octanol–water partition coefficient (Wildman–Crippen LogP) is 3.78. The molecule has 2 N–H and O–H groups in total. The number of ether oxygens (including phenoxy) is 3. The Morgan fingerprint density at radius 2 is 1.64 bits per heavy atom. The van der Waals surface area contributed by atoms with Gasteiger partial charge in [0.2, 0.25) is 5.75 Å². The average Bonchev–Trinajstić information content (AvgIpc) is 3.04. The van der Waals surface area contributed by atoms with Crippen LogP contribution in [0.2, 0.25) is 0 Å². The molecule has 3 aromatic rings. The highest BCUT2D eigenvalue weighted by Crippen LogP contribution is 2.38. The Bertz CT molecular complexity index is 1150. The number of thiocarbonyl (C=S) groups is 1. The van der Waals surface area contributed by atoms with Gasteiger partial charge in [0.05, 0.1) is 27.0 Å². The summed E-state index contributed by atoms with van der Waals surface area (Å²) in [5, 5.41) is 10.4. The SMILES string of the molecule is COc1cc(C(=O)NC(=S)Nc2ccc(Cc3c(C)nn(C)c3C)cc2)cc(OC)c1OC. The molecule has 0 atom stereocenters. The van der Waals surface area contributed by atoms with E-state index in [0.717, 1.165) is 29.1 Å². The number of nitrogens with zero attached hydrogens (tertiary/aromatic N) is 2. The van der Waals surface area contributed by atoms with Crippen molar-refractivity contribution in [1.29, 1.82) is 0 Å². The quantitative estimate of drug-likeness (QED) is 0.510. The van der Waals surface area contributed by atoms with E-state index in [0.29, 0.717) is 22.8 Å². The zero-order valence-electron chi connectivity index (χ0n) is 19.6. The molecule has 1 heterocycles. The molecule has 174 valence electrons. The number of carbonyl (C=O) groups is 1. The molecule has 0 aliphatic rings. The Balaban J connectivity index is 1.65. The van der Waals surface area contributed by atoms with Crippen molar-refractivity contribution in [2.45, 2.75) is 20.3 Å². The van der Waals surface area contributed by atoms with Crippen LogP contribution in [0.5, 0.6) is 17.2 Å². The molecule has 9 heteroatoms. The summed E-state index contributed by atoms with van der Waals surface area (Å²) < 4.78 is 17.8. The van der Waals surface area contributed by atoms with Gasteiger partial charge in [-0.3, -0.25) is 14.8 Å². The molecule has 3 rings (SSSR count). The van der Waals surface area contributed by atoms with Crippen molar-refractivity contribution in [3.05, 3.63) is 64.5 Å². The standard InChI is InChI=1S/C24H28N4O4S/c1-14-19(15(2)28(3)27-14)11-16-7-9-18(10-8-16)25-24(33)26-23(29)17-12-20(30-4)22(32-6)21(13-17)31-5/h7-10,12-13H,11H2,1-6H3,(H2,25,26,29,33). The van der Waals surface area contributed by atoms with E-state index in [9.17, 15) is 4.79 Å². The summed E-state index contributed by atoms with van der Waals surface area (Å²) in [5.41, 5.74) is 5.68. The van der Waals surface area contributed by atoms with Gasteiger partial charge in [0.15, 0.2) is 16.6 Å². The molecule has 0 saturated carbocycles. The van der Waals surface area contributed by atoms with Crippen LogP contribution in [0.3, 0.4) is 0 Å². The van der Waals surface area contributed by atoms with Crippen molar-refractivity contribution in [1.82, 2.24) is 15.1 Å². The van der Waals surface area contributed by atoms with Crippen LogP contribution in [0.1, 0.15) is 32.9 Å². The number of hydrogen-bond acceptors (Lipinski definition) is 6. The number of aromatic nitrogens is 2. The molecule has 0 aliphatic carbocycles. The highest BCUT2D eigenvalue weighted by Gasteiger charge is 2.18. The number of rotatable bonds is 7. The average molecular weight is 469 g/mol. The van der Waals surface area contributed by atoms with E-state index in [1.807, 2.05) is 42.9 Å². The van der Waals surface area contributed by atoms with Gasteiger partial charge in [-0.15, -0.1) is 0 Å². The number of amides is 1. The van der Waals surface area contributed by atoms with Crippen LogP contribution in [0, 0.1) is 13.8 Å². The molecule has 1 amide bonds. The lowest BCUT2D eigenvalue weighted by Gasteiger charge is -2.15. The first-order valence-electron chi connectivity index (χ1n) is 10.3. The molecule has 0 radical (unpaired) electrons. The zero-order valence-corrected chi connectivity index (χ0v) is 20.4. The van der Waals surface area contributed by atoms with Crippen LogP contribution in [0.15, 0.2) is 36.4 Å².